The fourth-order valence-corrected chi connectivity index (χ4v) is 4.79. The maximum Gasteiger partial charge on any atom is 0.210 e. The number of thioether (sulfide) groups is 1. The molecule has 1 unspecified atom stereocenters. The van der Waals surface area contributed by atoms with Gasteiger partial charge in [0.15, 0.2) is 5.82 Å². The van der Waals surface area contributed by atoms with Crippen molar-refractivity contribution in [2.45, 2.75) is 30.8 Å². The lowest BCUT2D eigenvalue weighted by Gasteiger charge is -2.14. The van der Waals surface area contributed by atoms with Crippen molar-refractivity contribution in [3.05, 3.63) is 83.0 Å². The normalized spacial score (nSPS) is 12.5. The van der Waals surface area contributed by atoms with Crippen molar-refractivity contribution in [2.24, 2.45) is 0 Å². The van der Waals surface area contributed by atoms with Gasteiger partial charge in [-0.25, -0.2) is 9.66 Å². The second kappa shape index (κ2) is 8.37. The van der Waals surface area contributed by atoms with E-state index in [0.717, 1.165) is 28.2 Å². The van der Waals surface area contributed by atoms with E-state index in [2.05, 4.69) is 33.8 Å². The molecule has 2 aromatic carbocycles. The zero-order valence-electron chi connectivity index (χ0n) is 17.6. The Morgan fingerprint density at radius 2 is 1.94 bits per heavy atom. The van der Waals surface area contributed by atoms with Crippen LogP contribution in [0.1, 0.15) is 29.3 Å². The summed E-state index contributed by atoms with van der Waals surface area (Å²) in [4.78, 5) is 4.91. The molecule has 1 atom stereocenters. The van der Waals surface area contributed by atoms with Crippen LogP contribution in [0.15, 0.2) is 70.4 Å². The van der Waals surface area contributed by atoms with Crippen LogP contribution in [0.4, 0.5) is 0 Å². The molecule has 0 aliphatic rings. The third-order valence-electron chi connectivity index (χ3n) is 5.33. The van der Waals surface area contributed by atoms with Gasteiger partial charge in [0, 0.05) is 11.6 Å². The molecule has 0 amide bonds. The second-order valence-corrected chi connectivity index (χ2v) is 9.25. The highest BCUT2D eigenvalue weighted by Crippen LogP contribution is 2.36. The number of imidazole rings is 1. The third-order valence-corrected chi connectivity index (χ3v) is 6.62. The zero-order valence-corrected chi connectivity index (χ0v) is 19.1. The van der Waals surface area contributed by atoms with Crippen LogP contribution in [0, 0.1) is 6.92 Å². The van der Waals surface area contributed by atoms with Crippen molar-refractivity contribution in [2.75, 3.05) is 5.84 Å². The van der Waals surface area contributed by atoms with E-state index in [1.54, 1.807) is 6.26 Å². The summed E-state index contributed by atoms with van der Waals surface area (Å²) in [6.45, 7) is 4.66. The summed E-state index contributed by atoms with van der Waals surface area (Å²) in [6, 6.07) is 18.0. The first kappa shape index (κ1) is 20.7. The van der Waals surface area contributed by atoms with E-state index < -0.39 is 0 Å². The number of hydrogen-bond donors (Lipinski definition) is 1. The second-order valence-electron chi connectivity index (χ2n) is 7.50. The minimum atomic E-state index is -0.0327. The van der Waals surface area contributed by atoms with Crippen molar-refractivity contribution in [1.29, 1.82) is 0 Å². The fraction of sp³-hybridized carbons (Fsp3) is 0.174. The number of furan rings is 1. The molecule has 0 saturated heterocycles. The van der Waals surface area contributed by atoms with Crippen LogP contribution >= 0.6 is 23.4 Å². The lowest BCUT2D eigenvalue weighted by atomic mass is 10.2. The van der Waals surface area contributed by atoms with Crippen LogP contribution < -0.4 is 5.84 Å². The molecule has 2 N–H and O–H groups in total. The van der Waals surface area contributed by atoms with E-state index in [1.807, 2.05) is 49.4 Å². The Morgan fingerprint density at radius 3 is 2.69 bits per heavy atom. The number of rotatable bonds is 6. The maximum atomic E-state index is 6.33. The van der Waals surface area contributed by atoms with Gasteiger partial charge in [0.05, 0.1) is 28.1 Å². The van der Waals surface area contributed by atoms with Crippen LogP contribution in [0.25, 0.3) is 22.4 Å². The molecule has 162 valence electrons. The minimum Gasteiger partial charge on any atom is -0.469 e. The summed E-state index contributed by atoms with van der Waals surface area (Å²) < 4.78 is 9.10. The van der Waals surface area contributed by atoms with E-state index in [9.17, 15) is 0 Å². The molecule has 0 saturated carbocycles. The highest BCUT2D eigenvalue weighted by atomic mass is 35.5. The molecule has 0 aliphatic heterocycles. The predicted octanol–water partition coefficient (Wildman–Crippen LogP) is 5.47. The van der Waals surface area contributed by atoms with Gasteiger partial charge in [-0.15, -0.1) is 10.2 Å². The summed E-state index contributed by atoms with van der Waals surface area (Å²) in [7, 11) is 0. The fourth-order valence-electron chi connectivity index (χ4n) is 3.73. The van der Waals surface area contributed by atoms with Crippen LogP contribution in [0.3, 0.4) is 0 Å². The summed E-state index contributed by atoms with van der Waals surface area (Å²) in [5, 5.41) is 9.82. The zero-order chi connectivity index (χ0) is 22.2. The molecule has 3 aromatic heterocycles. The minimum absolute atomic E-state index is 0.0327. The lowest BCUT2D eigenvalue weighted by Crippen LogP contribution is -2.13. The average Bonchev–Trinajstić information content (AvgIpc) is 3.46. The number of nitrogens with two attached hydrogens (primary N) is 1. The van der Waals surface area contributed by atoms with Gasteiger partial charge in [0.2, 0.25) is 5.16 Å². The summed E-state index contributed by atoms with van der Waals surface area (Å²) in [5.74, 6) is 8.56. The van der Waals surface area contributed by atoms with Gasteiger partial charge < -0.3 is 14.8 Å². The van der Waals surface area contributed by atoms with Gasteiger partial charge in [0.1, 0.15) is 11.6 Å². The standard InChI is InChI=1S/C23H21ClN6OS/c1-14-18(10-11-31-14)22-27-28-23(30(22)25)32-15(2)21-26-19-12-17(24)8-9-20(19)29(21)13-16-6-4-3-5-7-16/h3-12,15H,13,25H2,1-2H3. The number of nitrogens with zero attached hydrogens (tertiary/aromatic N) is 5. The highest BCUT2D eigenvalue weighted by molar-refractivity contribution is 7.99. The Hall–Kier alpha value is -3.23. The molecule has 0 fully saturated rings. The molecular weight excluding hydrogens is 444 g/mol. The number of aromatic nitrogens is 5. The first-order valence-corrected chi connectivity index (χ1v) is 11.4. The van der Waals surface area contributed by atoms with Crippen molar-refractivity contribution < 1.29 is 4.42 Å². The Morgan fingerprint density at radius 1 is 1.12 bits per heavy atom. The molecule has 0 spiro atoms. The molecule has 0 aliphatic carbocycles. The number of aryl methyl sites for hydroxylation is 1. The number of hydrogen-bond acceptors (Lipinski definition) is 6. The molecule has 0 bridgehead atoms. The average molecular weight is 465 g/mol. The molecule has 3 heterocycles. The van der Waals surface area contributed by atoms with Gasteiger partial charge in [-0.3, -0.25) is 0 Å². The first-order valence-electron chi connectivity index (χ1n) is 10.1. The topological polar surface area (TPSA) is 87.7 Å². The van der Waals surface area contributed by atoms with Crippen molar-refractivity contribution in [3.63, 3.8) is 0 Å². The lowest BCUT2D eigenvalue weighted by molar-refractivity contribution is 0.535. The van der Waals surface area contributed by atoms with E-state index >= 15 is 0 Å². The molecule has 5 aromatic rings. The van der Waals surface area contributed by atoms with Crippen LogP contribution in [-0.2, 0) is 6.54 Å². The van der Waals surface area contributed by atoms with Crippen LogP contribution in [-0.4, -0.2) is 24.4 Å². The van der Waals surface area contributed by atoms with Gasteiger partial charge in [-0.05, 0) is 43.7 Å². The molecule has 32 heavy (non-hydrogen) atoms. The predicted molar refractivity (Wildman–Crippen MR) is 127 cm³/mol. The summed E-state index contributed by atoms with van der Waals surface area (Å²) in [6.07, 6.45) is 1.62. The van der Waals surface area contributed by atoms with Crippen molar-refractivity contribution in [3.8, 4) is 11.4 Å². The number of fused-ring (bicyclic) bond motifs is 1. The van der Waals surface area contributed by atoms with E-state index in [-0.39, 0.29) is 5.25 Å². The SMILES string of the molecule is Cc1occc1-c1nnc(SC(C)c2nc3cc(Cl)ccc3n2Cc2ccccc2)n1N. The number of benzene rings is 2. The highest BCUT2D eigenvalue weighted by Gasteiger charge is 2.22. The first-order chi connectivity index (χ1) is 15.5. The third kappa shape index (κ3) is 3.76. The van der Waals surface area contributed by atoms with Gasteiger partial charge in [-0.1, -0.05) is 53.7 Å². The van der Waals surface area contributed by atoms with E-state index in [4.69, 9.17) is 26.8 Å². The monoisotopic (exact) mass is 464 g/mol. The molecule has 7 nitrogen and oxygen atoms in total. The van der Waals surface area contributed by atoms with Gasteiger partial charge in [-0.2, -0.15) is 0 Å². The quantitative estimate of drug-likeness (QED) is 0.265. The van der Waals surface area contributed by atoms with Crippen LogP contribution in [0.5, 0.6) is 0 Å². The number of halogens is 1. The summed E-state index contributed by atoms with van der Waals surface area (Å²) in [5.41, 5.74) is 3.91. The van der Waals surface area contributed by atoms with Gasteiger partial charge in [0.25, 0.3) is 0 Å². The Kier molecular flexibility index (Phi) is 5.40. The number of nitrogen functional groups attached to an aromatic ring is 1. The summed E-state index contributed by atoms with van der Waals surface area (Å²) >= 11 is 7.74. The Balaban J connectivity index is 1.51. The van der Waals surface area contributed by atoms with E-state index in [1.165, 1.54) is 22.0 Å². The Labute approximate surface area is 194 Å². The van der Waals surface area contributed by atoms with Crippen LogP contribution in [0.2, 0.25) is 5.02 Å². The van der Waals surface area contributed by atoms with Gasteiger partial charge >= 0.3 is 0 Å². The molecular formula is C23H21ClN6OS. The van der Waals surface area contributed by atoms with Crippen molar-refractivity contribution >= 4 is 34.4 Å². The van der Waals surface area contributed by atoms with E-state index in [0.29, 0.717) is 22.5 Å². The Bertz CT molecular complexity index is 1390. The molecule has 0 radical (unpaired) electrons. The largest absolute Gasteiger partial charge is 0.469 e. The molecule has 5 rings (SSSR count). The van der Waals surface area contributed by atoms with Crippen molar-refractivity contribution in [1.82, 2.24) is 24.4 Å². The maximum absolute atomic E-state index is 6.33. The smallest absolute Gasteiger partial charge is 0.210 e. The molecule has 9 heteroatoms.